The molecule has 0 bridgehead atoms. The first-order valence-electron chi connectivity index (χ1n) is 8.10. The number of pyridine rings is 1. The molecular weight excluding hydrogens is 304 g/mol. The van der Waals surface area contributed by atoms with Crippen molar-refractivity contribution >= 4 is 11.9 Å². The number of nitrogens with zero attached hydrogens (tertiary/aromatic N) is 1. The molecule has 0 aliphatic rings. The summed E-state index contributed by atoms with van der Waals surface area (Å²) in [5, 5.41) is 11.9. The van der Waals surface area contributed by atoms with E-state index < -0.39 is 5.97 Å². The Balaban J connectivity index is 2.11. The van der Waals surface area contributed by atoms with E-state index in [1.807, 2.05) is 49.4 Å². The van der Waals surface area contributed by atoms with Crippen molar-refractivity contribution in [1.29, 1.82) is 0 Å². The molecule has 126 valence electrons. The molecule has 1 heterocycles. The average molecular weight is 326 g/mol. The fourth-order valence-electron chi connectivity index (χ4n) is 2.60. The van der Waals surface area contributed by atoms with Crippen LogP contribution in [-0.4, -0.2) is 28.0 Å². The number of carbonyl (C=O) groups excluding carboxylic acids is 1. The molecule has 0 fully saturated rings. The minimum absolute atomic E-state index is 0.0145. The van der Waals surface area contributed by atoms with Gasteiger partial charge in [-0.25, -0.2) is 0 Å². The van der Waals surface area contributed by atoms with Crippen LogP contribution in [0.2, 0.25) is 0 Å². The second-order valence-corrected chi connectivity index (χ2v) is 5.66. The van der Waals surface area contributed by atoms with Crippen molar-refractivity contribution in [2.75, 3.05) is 0 Å². The number of aromatic nitrogens is 1. The van der Waals surface area contributed by atoms with E-state index >= 15 is 0 Å². The van der Waals surface area contributed by atoms with Gasteiger partial charge in [-0.2, -0.15) is 0 Å². The highest BCUT2D eigenvalue weighted by Gasteiger charge is 2.18. The van der Waals surface area contributed by atoms with Crippen LogP contribution in [0.1, 0.15) is 41.4 Å². The molecule has 0 aliphatic heterocycles. The number of hydrogen-bond acceptors (Lipinski definition) is 3. The zero-order valence-electron chi connectivity index (χ0n) is 13.7. The third-order valence-corrected chi connectivity index (χ3v) is 3.85. The van der Waals surface area contributed by atoms with Gasteiger partial charge in [0.15, 0.2) is 0 Å². The average Bonchev–Trinajstić information content (AvgIpc) is 2.60. The summed E-state index contributed by atoms with van der Waals surface area (Å²) < 4.78 is 0. The molecule has 1 aromatic heterocycles. The second kappa shape index (κ2) is 8.82. The monoisotopic (exact) mass is 326 g/mol. The summed E-state index contributed by atoms with van der Waals surface area (Å²) in [6.45, 7) is 1.97. The lowest BCUT2D eigenvalue weighted by molar-refractivity contribution is -0.137. The van der Waals surface area contributed by atoms with E-state index in [2.05, 4.69) is 10.3 Å². The Morgan fingerprint density at radius 3 is 2.58 bits per heavy atom. The number of aliphatic carboxylic acids is 1. The van der Waals surface area contributed by atoms with E-state index in [9.17, 15) is 9.59 Å². The molecule has 2 N–H and O–H groups in total. The number of rotatable bonds is 8. The lowest BCUT2D eigenvalue weighted by Gasteiger charge is -2.19. The zero-order chi connectivity index (χ0) is 17.4. The topological polar surface area (TPSA) is 79.3 Å². The number of carbonyl (C=O) groups is 2. The fourth-order valence-corrected chi connectivity index (χ4v) is 2.60. The Bertz CT molecular complexity index is 686. The molecule has 0 spiro atoms. The van der Waals surface area contributed by atoms with Crippen LogP contribution < -0.4 is 5.32 Å². The quantitative estimate of drug-likeness (QED) is 0.782. The van der Waals surface area contributed by atoms with Crippen LogP contribution in [0.3, 0.4) is 0 Å². The molecule has 0 aliphatic carbocycles. The summed E-state index contributed by atoms with van der Waals surface area (Å²) in [5.74, 6) is -1.12. The Morgan fingerprint density at radius 2 is 1.92 bits per heavy atom. The predicted octanol–water partition coefficient (Wildman–Crippen LogP) is 2.85. The molecule has 24 heavy (non-hydrogen) atoms. The Hall–Kier alpha value is -2.69. The summed E-state index contributed by atoms with van der Waals surface area (Å²) in [4.78, 5) is 27.6. The van der Waals surface area contributed by atoms with Gasteiger partial charge in [-0.1, -0.05) is 43.3 Å². The van der Waals surface area contributed by atoms with E-state index in [1.54, 1.807) is 6.20 Å². The molecule has 5 heteroatoms. The Kier molecular flexibility index (Phi) is 6.49. The summed E-state index contributed by atoms with van der Waals surface area (Å²) >= 11 is 0. The molecule has 0 saturated carbocycles. The van der Waals surface area contributed by atoms with Crippen LogP contribution >= 0.6 is 0 Å². The number of benzene rings is 1. The molecule has 2 rings (SSSR count). The van der Waals surface area contributed by atoms with E-state index in [1.165, 1.54) is 0 Å². The summed E-state index contributed by atoms with van der Waals surface area (Å²) in [6.07, 6.45) is 3.30. The lowest BCUT2D eigenvalue weighted by atomic mass is 10.0. The van der Waals surface area contributed by atoms with Crippen LogP contribution in [0, 0.1) is 0 Å². The molecule has 1 aromatic carbocycles. The maximum absolute atomic E-state index is 12.5. The third-order valence-electron chi connectivity index (χ3n) is 3.85. The van der Waals surface area contributed by atoms with E-state index in [0.717, 1.165) is 17.5 Å². The number of aryl methyl sites for hydroxylation is 1. The van der Waals surface area contributed by atoms with Gasteiger partial charge in [0, 0.05) is 18.7 Å². The van der Waals surface area contributed by atoms with Gasteiger partial charge in [0.05, 0.1) is 0 Å². The van der Waals surface area contributed by atoms with Gasteiger partial charge < -0.3 is 10.4 Å². The molecule has 2 aromatic rings. The predicted molar refractivity (Wildman–Crippen MR) is 91.9 cm³/mol. The Morgan fingerprint density at radius 1 is 1.17 bits per heavy atom. The number of nitrogens with one attached hydrogen (secondary N) is 1. The van der Waals surface area contributed by atoms with Crippen LogP contribution in [-0.2, 0) is 17.6 Å². The van der Waals surface area contributed by atoms with Crippen molar-refractivity contribution < 1.29 is 14.7 Å². The molecule has 5 nitrogen and oxygen atoms in total. The van der Waals surface area contributed by atoms with Crippen molar-refractivity contribution in [3.05, 3.63) is 65.5 Å². The molecule has 0 saturated heterocycles. The van der Waals surface area contributed by atoms with Crippen LogP contribution in [0.5, 0.6) is 0 Å². The normalized spacial score (nSPS) is 11.7. The number of hydrogen-bond donors (Lipinski definition) is 2. The van der Waals surface area contributed by atoms with Gasteiger partial charge in [0.2, 0.25) is 0 Å². The van der Waals surface area contributed by atoms with E-state index in [-0.39, 0.29) is 18.4 Å². The van der Waals surface area contributed by atoms with Crippen molar-refractivity contribution in [1.82, 2.24) is 10.3 Å². The zero-order valence-corrected chi connectivity index (χ0v) is 13.7. The molecule has 1 unspecified atom stereocenters. The smallest absolute Gasteiger partial charge is 0.303 e. The minimum Gasteiger partial charge on any atom is -0.481 e. The number of carboxylic acids is 1. The van der Waals surface area contributed by atoms with Gasteiger partial charge in [0.25, 0.3) is 5.91 Å². The number of carboxylic acid groups (broad SMARTS) is 1. The maximum Gasteiger partial charge on any atom is 0.303 e. The van der Waals surface area contributed by atoms with Gasteiger partial charge in [-0.3, -0.25) is 14.6 Å². The lowest BCUT2D eigenvalue weighted by Crippen LogP contribution is -2.37. The highest BCUT2D eigenvalue weighted by molar-refractivity contribution is 5.93. The molecule has 1 amide bonds. The van der Waals surface area contributed by atoms with Crippen LogP contribution in [0.25, 0.3) is 0 Å². The van der Waals surface area contributed by atoms with Crippen molar-refractivity contribution in [3.8, 4) is 0 Å². The van der Waals surface area contributed by atoms with Crippen LogP contribution in [0.15, 0.2) is 48.7 Å². The second-order valence-electron chi connectivity index (χ2n) is 5.66. The standard InChI is InChI=1S/C19H22N2O3/c1-2-15-9-6-12-20-18(15)19(24)21-16(10-11-17(22)23)13-14-7-4-3-5-8-14/h3-9,12,16H,2,10-11,13H2,1H3,(H,21,24)(H,22,23). The minimum atomic E-state index is -0.866. The van der Waals surface area contributed by atoms with Gasteiger partial charge in [-0.15, -0.1) is 0 Å². The summed E-state index contributed by atoms with van der Waals surface area (Å²) in [6, 6.07) is 13.2. The van der Waals surface area contributed by atoms with Gasteiger partial charge in [-0.05, 0) is 36.5 Å². The van der Waals surface area contributed by atoms with Gasteiger partial charge in [0.1, 0.15) is 5.69 Å². The number of amides is 1. The third kappa shape index (κ3) is 5.19. The molecular formula is C19H22N2O3. The summed E-state index contributed by atoms with van der Waals surface area (Å²) in [7, 11) is 0. The van der Waals surface area contributed by atoms with E-state index in [4.69, 9.17) is 5.11 Å². The van der Waals surface area contributed by atoms with Gasteiger partial charge >= 0.3 is 5.97 Å². The highest BCUT2D eigenvalue weighted by Crippen LogP contribution is 2.11. The first-order chi connectivity index (χ1) is 11.6. The first-order valence-corrected chi connectivity index (χ1v) is 8.10. The van der Waals surface area contributed by atoms with Crippen molar-refractivity contribution in [2.24, 2.45) is 0 Å². The van der Waals surface area contributed by atoms with E-state index in [0.29, 0.717) is 18.5 Å². The van der Waals surface area contributed by atoms with Crippen molar-refractivity contribution in [2.45, 2.75) is 38.6 Å². The maximum atomic E-state index is 12.5. The fraction of sp³-hybridized carbons (Fsp3) is 0.316. The van der Waals surface area contributed by atoms with Crippen molar-refractivity contribution in [3.63, 3.8) is 0 Å². The largest absolute Gasteiger partial charge is 0.481 e. The highest BCUT2D eigenvalue weighted by atomic mass is 16.4. The summed E-state index contributed by atoms with van der Waals surface area (Å²) in [5.41, 5.74) is 2.35. The first kappa shape index (κ1) is 17.7. The Labute approximate surface area is 141 Å². The molecule has 0 radical (unpaired) electrons. The van der Waals surface area contributed by atoms with Crippen LogP contribution in [0.4, 0.5) is 0 Å². The molecule has 1 atom stereocenters. The SMILES string of the molecule is CCc1cccnc1C(=O)NC(CCC(=O)O)Cc1ccccc1.